The fraction of sp³-hybridized carbons (Fsp3) is 0.483. The highest BCUT2D eigenvalue weighted by molar-refractivity contribution is 6.32. The molecule has 4 nitrogen and oxygen atoms in total. The SMILES string of the molecule is CCC(C)(C)Oc1ccc(CCCCNC(=O)C=Cc2ccccc2Cl)c(OC(C)(C)CC)c1. The molecule has 0 fully saturated rings. The van der Waals surface area contributed by atoms with Crippen LogP contribution >= 0.6 is 11.6 Å². The second-order valence-corrected chi connectivity index (χ2v) is 10.2. The molecule has 1 amide bonds. The number of carbonyl (C=O) groups excluding carboxylic acids is 1. The minimum absolute atomic E-state index is 0.117. The first-order chi connectivity index (χ1) is 16.0. The van der Waals surface area contributed by atoms with Crippen LogP contribution in [0.25, 0.3) is 6.08 Å². The van der Waals surface area contributed by atoms with Gasteiger partial charge in [0.1, 0.15) is 22.7 Å². The number of carbonyl (C=O) groups is 1. The van der Waals surface area contributed by atoms with Gasteiger partial charge >= 0.3 is 0 Å². The van der Waals surface area contributed by atoms with Crippen LogP contribution in [0.1, 0.15) is 78.4 Å². The van der Waals surface area contributed by atoms with E-state index in [-0.39, 0.29) is 17.1 Å². The number of halogens is 1. The average molecular weight is 486 g/mol. The molecule has 0 radical (unpaired) electrons. The van der Waals surface area contributed by atoms with Crippen LogP contribution in [0.15, 0.2) is 48.5 Å². The molecule has 2 rings (SSSR count). The Bertz CT molecular complexity index is 966. The smallest absolute Gasteiger partial charge is 0.243 e. The first-order valence-electron chi connectivity index (χ1n) is 12.3. The minimum Gasteiger partial charge on any atom is -0.488 e. The van der Waals surface area contributed by atoms with E-state index in [1.807, 2.05) is 36.4 Å². The first kappa shape index (κ1) is 27.8. The number of benzene rings is 2. The summed E-state index contributed by atoms with van der Waals surface area (Å²) >= 11 is 6.12. The number of hydrogen-bond acceptors (Lipinski definition) is 3. The van der Waals surface area contributed by atoms with E-state index in [0.717, 1.165) is 54.7 Å². The van der Waals surface area contributed by atoms with Gasteiger partial charge in [0.05, 0.1) is 0 Å². The molecule has 0 aromatic heterocycles. The van der Waals surface area contributed by atoms with Crippen molar-refractivity contribution in [3.8, 4) is 11.5 Å². The zero-order chi connectivity index (χ0) is 25.2. The van der Waals surface area contributed by atoms with E-state index in [4.69, 9.17) is 21.1 Å². The van der Waals surface area contributed by atoms with Crippen LogP contribution < -0.4 is 14.8 Å². The number of amides is 1. The lowest BCUT2D eigenvalue weighted by atomic mass is 10.0. The molecule has 0 spiro atoms. The lowest BCUT2D eigenvalue weighted by Gasteiger charge is -2.29. The summed E-state index contributed by atoms with van der Waals surface area (Å²) in [6.45, 7) is 13.3. The molecule has 186 valence electrons. The van der Waals surface area contributed by atoms with Gasteiger partial charge in [-0.05, 0) is 89.1 Å². The van der Waals surface area contributed by atoms with E-state index in [1.165, 1.54) is 6.08 Å². The second kappa shape index (κ2) is 12.9. The quantitative estimate of drug-likeness (QED) is 0.234. The topological polar surface area (TPSA) is 47.6 Å². The third-order valence-electron chi connectivity index (χ3n) is 6.01. The van der Waals surface area contributed by atoms with Crippen molar-refractivity contribution in [2.24, 2.45) is 0 Å². The molecular weight excluding hydrogens is 446 g/mol. The molecule has 0 unspecified atom stereocenters. The van der Waals surface area contributed by atoms with Crippen molar-refractivity contribution < 1.29 is 14.3 Å². The second-order valence-electron chi connectivity index (χ2n) is 9.80. The van der Waals surface area contributed by atoms with Crippen LogP contribution in [0.3, 0.4) is 0 Å². The molecule has 5 heteroatoms. The molecule has 0 aliphatic carbocycles. The third-order valence-corrected chi connectivity index (χ3v) is 6.36. The Kier molecular flexibility index (Phi) is 10.5. The van der Waals surface area contributed by atoms with E-state index in [9.17, 15) is 4.79 Å². The van der Waals surface area contributed by atoms with Crippen molar-refractivity contribution in [1.29, 1.82) is 0 Å². The van der Waals surface area contributed by atoms with Gasteiger partial charge in [-0.25, -0.2) is 0 Å². The molecule has 0 bridgehead atoms. The Balaban J connectivity index is 1.92. The predicted octanol–water partition coefficient (Wildman–Crippen LogP) is 7.63. The van der Waals surface area contributed by atoms with Crippen LogP contribution in [0, 0.1) is 0 Å². The fourth-order valence-electron chi connectivity index (χ4n) is 3.15. The third kappa shape index (κ3) is 9.42. The molecule has 34 heavy (non-hydrogen) atoms. The Morgan fingerprint density at radius 3 is 2.32 bits per heavy atom. The van der Waals surface area contributed by atoms with Crippen molar-refractivity contribution in [3.63, 3.8) is 0 Å². The summed E-state index contributed by atoms with van der Waals surface area (Å²) in [6.07, 6.45) is 7.78. The molecule has 0 aliphatic rings. The average Bonchev–Trinajstić information content (AvgIpc) is 2.79. The molecule has 0 saturated carbocycles. The van der Waals surface area contributed by atoms with Gasteiger partial charge < -0.3 is 14.8 Å². The fourth-order valence-corrected chi connectivity index (χ4v) is 3.35. The first-order valence-corrected chi connectivity index (χ1v) is 12.6. The summed E-state index contributed by atoms with van der Waals surface area (Å²) in [6, 6.07) is 13.6. The maximum absolute atomic E-state index is 12.1. The van der Waals surface area contributed by atoms with Crippen molar-refractivity contribution in [2.45, 2.75) is 84.8 Å². The van der Waals surface area contributed by atoms with Gasteiger partial charge in [0, 0.05) is 23.7 Å². The van der Waals surface area contributed by atoms with Crippen LogP contribution in [0.4, 0.5) is 0 Å². The van der Waals surface area contributed by atoms with Gasteiger partial charge in [-0.2, -0.15) is 0 Å². The van der Waals surface area contributed by atoms with Crippen molar-refractivity contribution in [2.75, 3.05) is 6.54 Å². The van der Waals surface area contributed by atoms with Gasteiger partial charge in [0.25, 0.3) is 0 Å². The summed E-state index contributed by atoms with van der Waals surface area (Å²) in [4.78, 5) is 12.1. The monoisotopic (exact) mass is 485 g/mol. The Morgan fingerprint density at radius 2 is 1.65 bits per heavy atom. The highest BCUT2D eigenvalue weighted by Crippen LogP contribution is 2.32. The predicted molar refractivity (Wildman–Crippen MR) is 143 cm³/mol. The van der Waals surface area contributed by atoms with Gasteiger partial charge in [-0.15, -0.1) is 0 Å². The minimum atomic E-state index is -0.254. The molecule has 0 atom stereocenters. The summed E-state index contributed by atoms with van der Waals surface area (Å²) in [5, 5.41) is 3.57. The summed E-state index contributed by atoms with van der Waals surface area (Å²) in [5.41, 5.74) is 1.51. The van der Waals surface area contributed by atoms with E-state index in [1.54, 1.807) is 6.08 Å². The lowest BCUT2D eigenvalue weighted by molar-refractivity contribution is -0.116. The highest BCUT2D eigenvalue weighted by Gasteiger charge is 2.21. The van der Waals surface area contributed by atoms with Crippen molar-refractivity contribution in [3.05, 3.63) is 64.7 Å². The van der Waals surface area contributed by atoms with E-state index in [2.05, 4.69) is 52.9 Å². The van der Waals surface area contributed by atoms with Crippen molar-refractivity contribution >= 4 is 23.6 Å². The molecular formula is C29H40ClNO3. The molecule has 0 heterocycles. The normalized spacial score (nSPS) is 12.1. The van der Waals surface area contributed by atoms with E-state index >= 15 is 0 Å². The number of ether oxygens (including phenoxy) is 2. The summed E-state index contributed by atoms with van der Waals surface area (Å²) in [5.74, 6) is 1.59. The molecule has 2 aromatic carbocycles. The van der Waals surface area contributed by atoms with Crippen LogP contribution in [-0.2, 0) is 11.2 Å². The lowest BCUT2D eigenvalue weighted by Crippen LogP contribution is -2.28. The molecule has 0 saturated heterocycles. The number of rotatable bonds is 13. The Morgan fingerprint density at radius 1 is 0.971 bits per heavy atom. The van der Waals surface area contributed by atoms with E-state index in [0.29, 0.717) is 11.6 Å². The number of hydrogen-bond donors (Lipinski definition) is 1. The van der Waals surface area contributed by atoms with Gasteiger partial charge in [0.2, 0.25) is 5.91 Å². The van der Waals surface area contributed by atoms with Gasteiger partial charge in [-0.3, -0.25) is 4.79 Å². The largest absolute Gasteiger partial charge is 0.488 e. The number of unbranched alkanes of at least 4 members (excludes halogenated alkanes) is 1. The Labute approximate surface area is 210 Å². The van der Waals surface area contributed by atoms with Crippen molar-refractivity contribution in [1.82, 2.24) is 5.32 Å². The number of aryl methyl sites for hydroxylation is 1. The Hall–Kier alpha value is -2.46. The molecule has 2 aromatic rings. The van der Waals surface area contributed by atoms with Gasteiger partial charge in [-0.1, -0.05) is 49.7 Å². The van der Waals surface area contributed by atoms with Crippen LogP contribution in [0.5, 0.6) is 11.5 Å². The highest BCUT2D eigenvalue weighted by atomic mass is 35.5. The summed E-state index contributed by atoms with van der Waals surface area (Å²) < 4.78 is 12.6. The van der Waals surface area contributed by atoms with Crippen LogP contribution in [0.2, 0.25) is 5.02 Å². The standard InChI is InChI=1S/C29H40ClNO3/c1-7-28(3,4)33-24-18-16-23(26(21-24)34-29(5,6)8-2)14-11-12-20-31-27(32)19-17-22-13-9-10-15-25(22)30/h9-10,13,15-19,21H,7-8,11-12,14,20H2,1-6H3,(H,31,32). The summed E-state index contributed by atoms with van der Waals surface area (Å²) in [7, 11) is 0. The number of nitrogens with one attached hydrogen (secondary N) is 1. The van der Waals surface area contributed by atoms with E-state index < -0.39 is 0 Å². The van der Waals surface area contributed by atoms with Gasteiger partial charge in [0.15, 0.2) is 0 Å². The molecule has 0 aliphatic heterocycles. The maximum atomic E-state index is 12.1. The maximum Gasteiger partial charge on any atom is 0.243 e. The zero-order valence-corrected chi connectivity index (χ0v) is 22.3. The molecule has 1 N–H and O–H groups in total. The zero-order valence-electron chi connectivity index (χ0n) is 21.5. The van der Waals surface area contributed by atoms with Crippen LogP contribution in [-0.4, -0.2) is 23.7 Å².